The Morgan fingerprint density at radius 2 is 1.46 bits per heavy atom. The van der Waals surface area contributed by atoms with Gasteiger partial charge in [0.1, 0.15) is 48.7 Å². The summed E-state index contributed by atoms with van der Waals surface area (Å²) < 4.78 is 27.7. The van der Waals surface area contributed by atoms with Gasteiger partial charge in [0.15, 0.2) is 40.8 Å². The third-order valence-electron chi connectivity index (χ3n) is 12.5. The molecule has 3 aromatic heterocycles. The first-order valence-corrected chi connectivity index (χ1v) is 22.8. The summed E-state index contributed by atoms with van der Waals surface area (Å²) in [5, 5.41) is 70.7. The lowest BCUT2D eigenvalue weighted by atomic mass is 9.99. The number of aliphatic hydroxyl groups is 6. The number of halogens is 1. The molecule has 2 aliphatic rings. The fourth-order valence-corrected chi connectivity index (χ4v) is 9.02. The lowest BCUT2D eigenvalue weighted by Crippen LogP contribution is -3.00. The highest BCUT2D eigenvalue weighted by molar-refractivity contribution is 5.98. The van der Waals surface area contributed by atoms with Crippen LogP contribution >= 0.6 is 0 Å². The predicted molar refractivity (Wildman–Crippen MR) is 244 cm³/mol. The van der Waals surface area contributed by atoms with Crippen LogP contribution in [0, 0.1) is 0 Å². The fourth-order valence-electron chi connectivity index (χ4n) is 9.02. The number of ether oxygens (including phenoxy) is 4. The summed E-state index contributed by atoms with van der Waals surface area (Å²) in [6, 6.07) is 26.1. The van der Waals surface area contributed by atoms with Crippen molar-refractivity contribution in [3.8, 4) is 0 Å². The van der Waals surface area contributed by atoms with Gasteiger partial charge in [-0.15, -0.1) is 0 Å². The number of hydrogen-bond donors (Lipinski definition) is 9. The average molecular weight is 1050 g/mol. The van der Waals surface area contributed by atoms with Crippen LogP contribution in [-0.4, -0.2) is 143 Å². The van der Waals surface area contributed by atoms with Crippen LogP contribution in [0.4, 0.5) is 5.82 Å². The van der Waals surface area contributed by atoms with Crippen molar-refractivity contribution in [1.29, 1.82) is 0 Å². The number of nitrogens with zero attached hydrogens (tertiary/aromatic N) is 5. The van der Waals surface area contributed by atoms with Crippen molar-refractivity contribution in [2.24, 2.45) is 0 Å². The Balaban J connectivity index is 0.00000684. The number of benzene rings is 3. The maximum atomic E-state index is 13.3. The number of rotatable bonds is 19. The largest absolute Gasteiger partial charge is 1.00 e. The quantitative estimate of drug-likeness (QED) is 0.0326. The summed E-state index contributed by atoms with van der Waals surface area (Å²) in [5.74, 6) is 0.470. The van der Waals surface area contributed by atoms with Gasteiger partial charge in [-0.1, -0.05) is 66.7 Å². The average Bonchev–Trinajstić information content (AvgIpc) is 3.93. The van der Waals surface area contributed by atoms with E-state index in [2.05, 4.69) is 41.5 Å². The van der Waals surface area contributed by atoms with Gasteiger partial charge in [0, 0.05) is 30.4 Å². The monoisotopic (exact) mass is 1050 g/mol. The number of carbonyl (C=O) groups is 1. The minimum absolute atomic E-state index is 0. The van der Waals surface area contributed by atoms with E-state index in [-0.39, 0.29) is 68.3 Å². The van der Waals surface area contributed by atoms with Crippen molar-refractivity contribution < 1.29 is 82.9 Å². The van der Waals surface area contributed by atoms with Gasteiger partial charge in [-0.05, 0) is 57.0 Å². The van der Waals surface area contributed by atoms with Crippen LogP contribution in [0.2, 0.25) is 0 Å². The van der Waals surface area contributed by atoms with Gasteiger partial charge in [0.25, 0.3) is 11.7 Å². The molecule has 5 heterocycles. The van der Waals surface area contributed by atoms with Crippen LogP contribution in [-0.2, 0) is 45.0 Å². The molecule has 2 fully saturated rings. The van der Waals surface area contributed by atoms with Crippen molar-refractivity contribution in [3.63, 3.8) is 0 Å². The number of fused-ring (bicyclic) bond motifs is 2. The fraction of sp³-hybridized carbons (Fsp3) is 0.458. The lowest BCUT2D eigenvalue weighted by molar-refractivity contribution is -0.676. The molecule has 10 N–H and O–H groups in total. The molecule has 2 aliphatic heterocycles. The number of anilines is 1. The predicted octanol–water partition coefficient (Wildman–Crippen LogP) is -1.62. The second-order valence-corrected chi connectivity index (χ2v) is 17.0. The van der Waals surface area contributed by atoms with E-state index in [4.69, 9.17) is 24.7 Å². The molecule has 0 spiro atoms. The van der Waals surface area contributed by atoms with Crippen molar-refractivity contribution in [2.75, 3.05) is 38.6 Å². The van der Waals surface area contributed by atoms with Crippen LogP contribution in [0.15, 0.2) is 91.1 Å². The summed E-state index contributed by atoms with van der Waals surface area (Å²) in [7, 11) is 0. The van der Waals surface area contributed by atoms with E-state index in [1.807, 2.05) is 56.3 Å². The molecular weight excluding hydrogens is 991 g/mol. The Bertz CT molecular complexity index is 2490. The number of imidazole rings is 1. The SMILES string of the molecule is CCn1c(CNC(=O)c2nc3cc[nH]c3nc2N)[n+](CC)c2cc(CCCN(C[C@H](O)[C@@H](O)[C@@H]3OC(c4ccccc4)OC[C@H]3O)C[C@H](O)[C@@H](O)[C@@H]3OC(c4ccccc4)OC[C@H]3O)ccc21.[I-]. The van der Waals surface area contributed by atoms with Gasteiger partial charge in [0.2, 0.25) is 0 Å². The summed E-state index contributed by atoms with van der Waals surface area (Å²) in [6.45, 7) is 5.27. The van der Waals surface area contributed by atoms with Crippen LogP contribution in [0.1, 0.15) is 65.9 Å². The van der Waals surface area contributed by atoms with Crippen LogP contribution in [0.5, 0.6) is 0 Å². The smallest absolute Gasteiger partial charge is 0.277 e. The number of nitrogen functional groups attached to an aromatic ring is 1. The van der Waals surface area contributed by atoms with Crippen molar-refractivity contribution in [2.45, 2.75) is 108 Å². The molecule has 3 aromatic carbocycles. The molecule has 8 rings (SSSR count). The molecule has 19 nitrogen and oxygen atoms in total. The number of nitrogens with two attached hydrogens (primary N) is 1. The zero-order valence-corrected chi connectivity index (χ0v) is 40.1. The Labute approximate surface area is 410 Å². The number of H-pyrrole nitrogens is 1. The van der Waals surface area contributed by atoms with E-state index >= 15 is 0 Å². The molecule has 6 aromatic rings. The number of aryl methyl sites for hydroxylation is 3. The number of aromatic nitrogens is 5. The second kappa shape index (κ2) is 23.3. The molecule has 1 amide bonds. The highest BCUT2D eigenvalue weighted by Crippen LogP contribution is 2.31. The molecule has 2 saturated heterocycles. The zero-order valence-electron chi connectivity index (χ0n) is 37.9. The number of aliphatic hydroxyl groups excluding tert-OH is 6. The normalized spacial score (nSPS) is 22.7. The third-order valence-corrected chi connectivity index (χ3v) is 12.5. The standard InChI is InChI=1S/C48H60N8O11.HI/c1-3-55-32-18-17-28(22-33(32)56(4-2)38(55)23-51-46(63)39-44(49)53-45-31(52-39)19-20-50-45)12-11-21-54(24-34(57)40(61)42-36(59)26-64-47(66-42)29-13-7-5-8-14-29)25-35(58)41(62)43-37(60)27-65-48(67-43)30-15-9-6-10-16-30;/h5-10,13-20,22,34-37,40-43,47-48,57-62H,3-4,11-12,21,23-27H2,1-2H3,(H3-,49,50,51,52,53,63);1H/t34-,35-,36+,37+,40+,41+,42+,43+,47?,48?;/m0./s1. The molecule has 0 aliphatic carbocycles. The van der Waals surface area contributed by atoms with E-state index < -0.39 is 67.3 Å². The number of nitrogens with one attached hydrogen (secondary N) is 2. The maximum Gasteiger partial charge on any atom is 0.277 e. The van der Waals surface area contributed by atoms with Gasteiger partial charge in [-0.2, -0.15) is 0 Å². The molecule has 68 heavy (non-hydrogen) atoms. The Kier molecular flexibility index (Phi) is 17.5. The highest BCUT2D eigenvalue weighted by Gasteiger charge is 2.42. The molecule has 366 valence electrons. The Hall–Kier alpha value is -4.69. The maximum absolute atomic E-state index is 13.3. The molecule has 0 saturated carbocycles. The van der Waals surface area contributed by atoms with Gasteiger partial charge in [0.05, 0.1) is 38.5 Å². The molecular formula is C48H61IN8O11. The van der Waals surface area contributed by atoms with Gasteiger partial charge >= 0.3 is 0 Å². The Morgan fingerprint density at radius 3 is 2.01 bits per heavy atom. The molecule has 0 radical (unpaired) electrons. The van der Waals surface area contributed by atoms with Crippen molar-refractivity contribution in [3.05, 3.63) is 119 Å². The van der Waals surface area contributed by atoms with E-state index in [0.717, 1.165) is 22.4 Å². The number of aromatic amines is 1. The zero-order chi connectivity index (χ0) is 47.2. The summed E-state index contributed by atoms with van der Waals surface area (Å²) in [6.07, 6.45) is -9.83. The molecule has 0 bridgehead atoms. The highest BCUT2D eigenvalue weighted by atomic mass is 127. The lowest BCUT2D eigenvalue weighted by Gasteiger charge is -2.40. The first kappa shape index (κ1) is 51.2. The molecule has 10 atom stereocenters. The first-order chi connectivity index (χ1) is 32.4. The van der Waals surface area contributed by atoms with E-state index in [9.17, 15) is 35.4 Å². The van der Waals surface area contributed by atoms with Crippen molar-refractivity contribution in [1.82, 2.24) is 29.7 Å². The summed E-state index contributed by atoms with van der Waals surface area (Å²) >= 11 is 0. The Morgan fingerprint density at radius 1 is 0.868 bits per heavy atom. The van der Waals surface area contributed by atoms with Gasteiger partial charge in [-0.25, -0.2) is 19.1 Å². The van der Waals surface area contributed by atoms with E-state index in [1.165, 1.54) is 0 Å². The van der Waals surface area contributed by atoms with Gasteiger partial charge in [-0.3, -0.25) is 9.69 Å². The van der Waals surface area contributed by atoms with Crippen LogP contribution < -0.4 is 39.6 Å². The third kappa shape index (κ3) is 11.5. The molecule has 2 unspecified atom stereocenters. The van der Waals surface area contributed by atoms with Gasteiger partial charge < -0.3 is 89.6 Å². The van der Waals surface area contributed by atoms with Crippen LogP contribution in [0.3, 0.4) is 0 Å². The summed E-state index contributed by atoms with van der Waals surface area (Å²) in [4.78, 5) is 26.7. The number of amides is 1. The minimum Gasteiger partial charge on any atom is -1.00 e. The second-order valence-electron chi connectivity index (χ2n) is 17.0. The van der Waals surface area contributed by atoms with Crippen molar-refractivity contribution >= 4 is 33.9 Å². The topological polar surface area (TPSA) is 267 Å². The first-order valence-electron chi connectivity index (χ1n) is 22.8. The van der Waals surface area contributed by atoms with E-state index in [1.54, 1.807) is 41.4 Å². The molecule has 20 heteroatoms. The van der Waals surface area contributed by atoms with Crippen LogP contribution in [0.25, 0.3) is 22.2 Å². The number of carbonyl (C=O) groups excluding carboxylic acids is 1. The van der Waals surface area contributed by atoms with E-state index in [0.29, 0.717) is 54.8 Å². The minimum atomic E-state index is -1.55. The summed E-state index contributed by atoms with van der Waals surface area (Å²) in [5.41, 5.74) is 11.5. The number of hydrogen-bond acceptors (Lipinski definition) is 15.